The standard InChI is InChI=1S/C34H42N4O2/c1-3-37-20-22-38(23-21-37)34(40)31(10-7-19-35-32-24-30(32)28-13-11-25(2)12-14-28)36-33(39)29-17-15-27(16-18-29)26-8-5-4-6-9-26/h4-6,8-9,11-18,30-32,35H,3,7,10,19-24H2,1-2H3,(H,36,39)/t30-,31-,32?/m0/s1. The smallest absolute Gasteiger partial charge is 0.251 e. The highest BCUT2D eigenvalue weighted by Gasteiger charge is 2.37. The van der Waals surface area contributed by atoms with Crippen molar-refractivity contribution in [2.45, 2.75) is 51.1 Å². The number of benzene rings is 3. The molecule has 1 saturated heterocycles. The monoisotopic (exact) mass is 538 g/mol. The highest BCUT2D eigenvalue weighted by molar-refractivity contribution is 5.98. The van der Waals surface area contributed by atoms with E-state index in [0.717, 1.165) is 50.1 Å². The van der Waals surface area contributed by atoms with E-state index < -0.39 is 6.04 Å². The van der Waals surface area contributed by atoms with E-state index in [1.165, 1.54) is 11.1 Å². The van der Waals surface area contributed by atoms with E-state index >= 15 is 0 Å². The fraction of sp³-hybridized carbons (Fsp3) is 0.412. The van der Waals surface area contributed by atoms with Crippen molar-refractivity contribution in [1.29, 1.82) is 0 Å². The lowest BCUT2D eigenvalue weighted by Crippen LogP contribution is -2.55. The van der Waals surface area contributed by atoms with E-state index in [2.05, 4.69) is 65.8 Å². The minimum atomic E-state index is -0.525. The van der Waals surface area contributed by atoms with Gasteiger partial charge in [0.2, 0.25) is 5.91 Å². The number of aryl methyl sites for hydroxylation is 1. The van der Waals surface area contributed by atoms with Crippen LogP contribution in [-0.2, 0) is 4.79 Å². The predicted molar refractivity (Wildman–Crippen MR) is 161 cm³/mol. The third kappa shape index (κ3) is 7.18. The van der Waals surface area contributed by atoms with E-state index in [-0.39, 0.29) is 11.8 Å². The van der Waals surface area contributed by atoms with Crippen LogP contribution in [0.15, 0.2) is 78.9 Å². The molecule has 3 aromatic rings. The summed E-state index contributed by atoms with van der Waals surface area (Å²) >= 11 is 0. The van der Waals surface area contributed by atoms with Crippen LogP contribution in [0.4, 0.5) is 0 Å². The second-order valence-corrected chi connectivity index (χ2v) is 11.2. The average molecular weight is 539 g/mol. The second kappa shape index (κ2) is 13.2. The lowest BCUT2D eigenvalue weighted by atomic mass is 10.0. The van der Waals surface area contributed by atoms with Crippen molar-refractivity contribution in [3.63, 3.8) is 0 Å². The number of rotatable bonds is 11. The van der Waals surface area contributed by atoms with Gasteiger partial charge in [-0.3, -0.25) is 9.59 Å². The summed E-state index contributed by atoms with van der Waals surface area (Å²) < 4.78 is 0. The minimum Gasteiger partial charge on any atom is -0.340 e. The quantitative estimate of drug-likeness (QED) is 0.343. The van der Waals surface area contributed by atoms with Gasteiger partial charge in [0, 0.05) is 43.7 Å². The topological polar surface area (TPSA) is 64.7 Å². The van der Waals surface area contributed by atoms with Crippen LogP contribution in [0.1, 0.15) is 53.6 Å². The summed E-state index contributed by atoms with van der Waals surface area (Å²) in [7, 11) is 0. The number of carbonyl (C=O) groups is 2. The van der Waals surface area contributed by atoms with Gasteiger partial charge in [0.15, 0.2) is 0 Å². The Morgan fingerprint density at radius 2 is 1.55 bits per heavy atom. The SMILES string of the molecule is CCN1CCN(C(=O)[C@H](CCCNC2C[C@H]2c2ccc(C)cc2)NC(=O)c2ccc(-c3ccccc3)cc2)CC1. The number of hydrogen-bond donors (Lipinski definition) is 2. The average Bonchev–Trinajstić information content (AvgIpc) is 3.78. The van der Waals surface area contributed by atoms with Gasteiger partial charge in [-0.15, -0.1) is 0 Å². The summed E-state index contributed by atoms with van der Waals surface area (Å²) in [5, 5.41) is 6.76. The summed E-state index contributed by atoms with van der Waals surface area (Å²) in [6.07, 6.45) is 2.61. The largest absolute Gasteiger partial charge is 0.340 e. The Balaban J connectivity index is 1.17. The van der Waals surface area contributed by atoms with Crippen molar-refractivity contribution in [3.05, 3.63) is 95.6 Å². The number of piperazine rings is 1. The maximum atomic E-state index is 13.6. The second-order valence-electron chi connectivity index (χ2n) is 11.2. The van der Waals surface area contributed by atoms with Gasteiger partial charge < -0.3 is 20.4 Å². The van der Waals surface area contributed by atoms with E-state index in [1.807, 2.05) is 47.4 Å². The van der Waals surface area contributed by atoms with Crippen LogP contribution in [-0.4, -0.2) is 73.0 Å². The van der Waals surface area contributed by atoms with Gasteiger partial charge in [0.25, 0.3) is 5.91 Å². The van der Waals surface area contributed by atoms with Gasteiger partial charge in [-0.2, -0.15) is 0 Å². The molecule has 0 bridgehead atoms. The molecular weight excluding hydrogens is 496 g/mol. The fourth-order valence-electron chi connectivity index (χ4n) is 5.64. The Bertz CT molecular complexity index is 1250. The first-order valence-electron chi connectivity index (χ1n) is 14.8. The number of nitrogens with zero attached hydrogens (tertiary/aromatic N) is 2. The zero-order chi connectivity index (χ0) is 27.9. The van der Waals surface area contributed by atoms with Crippen molar-refractivity contribution in [2.75, 3.05) is 39.3 Å². The Hall–Kier alpha value is -3.48. The molecule has 1 aliphatic carbocycles. The highest BCUT2D eigenvalue weighted by atomic mass is 16.2. The van der Waals surface area contributed by atoms with Crippen LogP contribution in [0.5, 0.6) is 0 Å². The molecular formula is C34H42N4O2. The number of amides is 2. The molecule has 1 aliphatic heterocycles. The van der Waals surface area contributed by atoms with Crippen LogP contribution in [0.2, 0.25) is 0 Å². The van der Waals surface area contributed by atoms with Crippen molar-refractivity contribution in [1.82, 2.24) is 20.4 Å². The molecule has 3 aromatic carbocycles. The predicted octanol–water partition coefficient (Wildman–Crippen LogP) is 4.85. The fourth-order valence-corrected chi connectivity index (χ4v) is 5.64. The van der Waals surface area contributed by atoms with Crippen LogP contribution in [0.3, 0.4) is 0 Å². The first-order valence-corrected chi connectivity index (χ1v) is 14.8. The Kier molecular flexibility index (Phi) is 9.30. The molecule has 0 radical (unpaired) electrons. The number of likely N-dealkylation sites (N-methyl/N-ethyl adjacent to an activating group) is 1. The van der Waals surface area contributed by atoms with E-state index in [4.69, 9.17) is 0 Å². The normalized spacial score (nSPS) is 19.7. The third-order valence-electron chi connectivity index (χ3n) is 8.36. The molecule has 210 valence electrons. The molecule has 1 heterocycles. The van der Waals surface area contributed by atoms with Gasteiger partial charge in [-0.1, -0.05) is 79.2 Å². The summed E-state index contributed by atoms with van der Waals surface area (Å²) in [4.78, 5) is 31.1. The van der Waals surface area contributed by atoms with Crippen molar-refractivity contribution in [2.24, 2.45) is 0 Å². The summed E-state index contributed by atoms with van der Waals surface area (Å²) in [5.41, 5.74) is 5.43. The van der Waals surface area contributed by atoms with Gasteiger partial charge in [-0.25, -0.2) is 0 Å². The first-order chi connectivity index (χ1) is 19.5. The lowest BCUT2D eigenvalue weighted by molar-refractivity contribution is -0.135. The van der Waals surface area contributed by atoms with Crippen LogP contribution in [0.25, 0.3) is 11.1 Å². The maximum Gasteiger partial charge on any atom is 0.251 e. The summed E-state index contributed by atoms with van der Waals surface area (Å²) in [5.74, 6) is 0.417. The Morgan fingerprint density at radius 3 is 2.23 bits per heavy atom. The van der Waals surface area contributed by atoms with Gasteiger partial charge in [0.05, 0.1) is 0 Å². The Labute approximate surface area is 238 Å². The third-order valence-corrected chi connectivity index (χ3v) is 8.36. The lowest BCUT2D eigenvalue weighted by Gasteiger charge is -2.36. The molecule has 2 N–H and O–H groups in total. The highest BCUT2D eigenvalue weighted by Crippen LogP contribution is 2.40. The minimum absolute atomic E-state index is 0.0361. The number of nitrogens with one attached hydrogen (secondary N) is 2. The van der Waals surface area contributed by atoms with Gasteiger partial charge >= 0.3 is 0 Å². The van der Waals surface area contributed by atoms with Gasteiger partial charge in [0.1, 0.15) is 6.04 Å². The molecule has 1 saturated carbocycles. The number of carbonyl (C=O) groups excluding carboxylic acids is 2. The molecule has 1 unspecified atom stereocenters. The molecule has 0 spiro atoms. The molecule has 6 nitrogen and oxygen atoms in total. The van der Waals surface area contributed by atoms with E-state index in [9.17, 15) is 9.59 Å². The molecule has 3 atom stereocenters. The molecule has 6 heteroatoms. The summed E-state index contributed by atoms with van der Waals surface area (Å²) in [6.45, 7) is 9.29. The molecule has 2 amide bonds. The molecule has 2 aliphatic rings. The first kappa shape index (κ1) is 28.1. The molecule has 0 aromatic heterocycles. The van der Waals surface area contributed by atoms with Crippen LogP contribution >= 0.6 is 0 Å². The van der Waals surface area contributed by atoms with Gasteiger partial charge in [-0.05, 0) is 68.1 Å². The molecule has 2 fully saturated rings. The zero-order valence-electron chi connectivity index (χ0n) is 23.8. The zero-order valence-corrected chi connectivity index (χ0v) is 23.8. The molecule has 40 heavy (non-hydrogen) atoms. The maximum absolute atomic E-state index is 13.6. The molecule has 5 rings (SSSR count). The van der Waals surface area contributed by atoms with E-state index in [0.29, 0.717) is 37.0 Å². The van der Waals surface area contributed by atoms with Crippen LogP contribution < -0.4 is 10.6 Å². The van der Waals surface area contributed by atoms with Crippen molar-refractivity contribution < 1.29 is 9.59 Å². The van der Waals surface area contributed by atoms with E-state index in [1.54, 1.807) is 0 Å². The summed E-state index contributed by atoms with van der Waals surface area (Å²) in [6, 6.07) is 26.5. The Morgan fingerprint density at radius 1 is 0.875 bits per heavy atom. The number of hydrogen-bond acceptors (Lipinski definition) is 4. The van der Waals surface area contributed by atoms with Crippen LogP contribution in [0, 0.1) is 6.92 Å². The van der Waals surface area contributed by atoms with Crippen molar-refractivity contribution in [3.8, 4) is 11.1 Å². The van der Waals surface area contributed by atoms with Crippen molar-refractivity contribution >= 4 is 11.8 Å².